The lowest BCUT2D eigenvalue weighted by Gasteiger charge is -2.12. The highest BCUT2D eigenvalue weighted by Gasteiger charge is 2.11. The summed E-state index contributed by atoms with van der Waals surface area (Å²) in [5.41, 5.74) is 10.4. The second-order valence-corrected chi connectivity index (χ2v) is 9.62. The van der Waals surface area contributed by atoms with Crippen molar-refractivity contribution in [2.24, 2.45) is 0 Å². The van der Waals surface area contributed by atoms with Gasteiger partial charge < -0.3 is 0 Å². The summed E-state index contributed by atoms with van der Waals surface area (Å²) in [7, 11) is 0. The molecule has 2 heteroatoms. The van der Waals surface area contributed by atoms with Crippen molar-refractivity contribution in [1.29, 1.82) is 0 Å². The van der Waals surface area contributed by atoms with Gasteiger partial charge in [-0.15, -0.1) is 11.3 Å². The van der Waals surface area contributed by atoms with Crippen molar-refractivity contribution in [3.05, 3.63) is 133 Å². The Morgan fingerprint density at radius 2 is 1.85 bits per heavy atom. The largest absolute Gasteiger partial charge is 0.236 e. The minimum absolute atomic E-state index is 1.04. The lowest BCUT2D eigenvalue weighted by molar-refractivity contribution is 0.979. The van der Waals surface area contributed by atoms with Crippen molar-refractivity contribution in [1.82, 2.24) is 4.98 Å². The maximum absolute atomic E-state index is 4.89. The third-order valence-corrected chi connectivity index (χ3v) is 7.34. The zero-order valence-corrected chi connectivity index (χ0v) is 20.2. The van der Waals surface area contributed by atoms with Crippen LogP contribution >= 0.6 is 11.3 Å². The van der Waals surface area contributed by atoms with Crippen LogP contribution in [-0.2, 0) is 0 Å². The van der Waals surface area contributed by atoms with Crippen LogP contribution < -0.4 is 0 Å². The lowest BCUT2D eigenvalue weighted by atomic mass is 9.93. The number of fused-ring (bicyclic) bond motifs is 1. The van der Waals surface area contributed by atoms with E-state index in [0.29, 0.717) is 0 Å². The number of allylic oxidation sites excluding steroid dienone is 8. The Hall–Kier alpha value is -3.75. The van der Waals surface area contributed by atoms with Gasteiger partial charge in [0.05, 0.1) is 10.2 Å². The second kappa shape index (κ2) is 9.62. The van der Waals surface area contributed by atoms with E-state index in [9.17, 15) is 0 Å². The minimum atomic E-state index is 1.04. The molecule has 0 atom stereocenters. The van der Waals surface area contributed by atoms with Crippen LogP contribution in [0.25, 0.3) is 37.5 Å². The SMILES string of the molecule is C=C/C(=C\C(=C)C1=CC=CCC1)c1cccc(-c2ccc(C)c(-c3nc4ccccc4s3)c2)c1. The van der Waals surface area contributed by atoms with Crippen molar-refractivity contribution < 1.29 is 0 Å². The van der Waals surface area contributed by atoms with E-state index in [2.05, 4.69) is 105 Å². The number of aromatic nitrogens is 1. The molecule has 3 aromatic carbocycles. The van der Waals surface area contributed by atoms with Gasteiger partial charge in [0.2, 0.25) is 0 Å². The molecule has 0 aliphatic heterocycles. The summed E-state index contributed by atoms with van der Waals surface area (Å²) in [5.74, 6) is 0. The van der Waals surface area contributed by atoms with Gasteiger partial charge in [0.1, 0.15) is 5.01 Å². The van der Waals surface area contributed by atoms with E-state index in [1.165, 1.54) is 32.5 Å². The van der Waals surface area contributed by atoms with Gasteiger partial charge in [0, 0.05) is 5.56 Å². The van der Waals surface area contributed by atoms with Crippen LogP contribution in [0, 0.1) is 6.92 Å². The maximum atomic E-state index is 4.89. The van der Waals surface area contributed by atoms with Crippen LogP contribution in [0.2, 0.25) is 0 Å². The number of benzene rings is 3. The summed E-state index contributed by atoms with van der Waals surface area (Å²) < 4.78 is 1.22. The lowest BCUT2D eigenvalue weighted by Crippen LogP contribution is -1.91. The predicted octanol–water partition coefficient (Wildman–Crippen LogP) is 9.34. The summed E-state index contributed by atoms with van der Waals surface area (Å²) in [6, 6.07) is 23.6. The fraction of sp³-hybridized carbons (Fsp3) is 0.0938. The quantitative estimate of drug-likeness (QED) is 0.263. The van der Waals surface area contributed by atoms with E-state index in [0.717, 1.165) is 40.1 Å². The standard InChI is InChI=1S/C32H27NS/c1-4-24(19-23(3)25-11-6-5-7-12-25)26-13-10-14-27(20-26)28-18-17-22(2)29(21-28)32-33-30-15-8-9-16-31(30)34-32/h4-6,8-11,13-21H,1,3,7,12H2,2H3/b24-19+. The van der Waals surface area contributed by atoms with E-state index >= 15 is 0 Å². The Morgan fingerprint density at radius 1 is 1.00 bits per heavy atom. The third kappa shape index (κ3) is 4.50. The first-order valence-corrected chi connectivity index (χ1v) is 12.4. The molecular weight excluding hydrogens is 430 g/mol. The highest BCUT2D eigenvalue weighted by atomic mass is 32.1. The van der Waals surface area contributed by atoms with E-state index in [-0.39, 0.29) is 0 Å². The molecule has 0 unspecified atom stereocenters. The average molecular weight is 458 g/mol. The molecule has 166 valence electrons. The van der Waals surface area contributed by atoms with Crippen LogP contribution in [0.15, 0.2) is 121 Å². The van der Waals surface area contributed by atoms with Crippen molar-refractivity contribution in [3.8, 4) is 21.7 Å². The zero-order valence-electron chi connectivity index (χ0n) is 19.4. The van der Waals surface area contributed by atoms with E-state index in [1.54, 1.807) is 11.3 Å². The molecule has 5 rings (SSSR count). The van der Waals surface area contributed by atoms with Gasteiger partial charge >= 0.3 is 0 Å². The van der Waals surface area contributed by atoms with Crippen LogP contribution in [-0.4, -0.2) is 4.98 Å². The molecule has 0 spiro atoms. The molecule has 0 radical (unpaired) electrons. The maximum Gasteiger partial charge on any atom is 0.124 e. The van der Waals surface area contributed by atoms with Gasteiger partial charge in [-0.25, -0.2) is 4.98 Å². The smallest absolute Gasteiger partial charge is 0.124 e. The van der Waals surface area contributed by atoms with Crippen molar-refractivity contribution in [2.45, 2.75) is 19.8 Å². The Kier molecular flexibility index (Phi) is 6.24. The fourth-order valence-electron chi connectivity index (χ4n) is 4.31. The number of rotatable bonds is 6. The van der Waals surface area contributed by atoms with Crippen LogP contribution in [0.4, 0.5) is 0 Å². The topological polar surface area (TPSA) is 12.9 Å². The summed E-state index contributed by atoms with van der Waals surface area (Å²) in [6.07, 6.45) is 12.7. The zero-order chi connectivity index (χ0) is 23.5. The summed E-state index contributed by atoms with van der Waals surface area (Å²) in [6.45, 7) is 10.5. The van der Waals surface area contributed by atoms with E-state index in [1.807, 2.05) is 12.1 Å². The molecular formula is C32H27NS. The number of nitrogens with zero attached hydrogens (tertiary/aromatic N) is 1. The fourth-order valence-corrected chi connectivity index (χ4v) is 5.36. The van der Waals surface area contributed by atoms with Crippen LogP contribution in [0.3, 0.4) is 0 Å². The number of hydrogen-bond donors (Lipinski definition) is 0. The summed E-state index contributed by atoms with van der Waals surface area (Å²) >= 11 is 1.75. The van der Waals surface area contributed by atoms with Gasteiger partial charge in [-0.1, -0.05) is 79.9 Å². The Balaban J connectivity index is 1.50. The first-order valence-electron chi connectivity index (χ1n) is 11.6. The monoisotopic (exact) mass is 457 g/mol. The number of para-hydroxylation sites is 1. The first-order chi connectivity index (χ1) is 16.6. The molecule has 4 aromatic rings. The van der Waals surface area contributed by atoms with Crippen LogP contribution in [0.1, 0.15) is 24.0 Å². The van der Waals surface area contributed by atoms with Gasteiger partial charge in [0.25, 0.3) is 0 Å². The molecule has 1 aliphatic rings. The highest BCUT2D eigenvalue weighted by Crippen LogP contribution is 2.35. The molecule has 0 N–H and O–H groups in total. The number of aryl methyl sites for hydroxylation is 1. The number of thiazole rings is 1. The van der Waals surface area contributed by atoms with Gasteiger partial charge in [-0.2, -0.15) is 0 Å². The average Bonchev–Trinajstić information content (AvgIpc) is 3.32. The highest BCUT2D eigenvalue weighted by molar-refractivity contribution is 7.21. The molecule has 1 nitrogen and oxygen atoms in total. The Labute approximate surface area is 205 Å². The van der Waals surface area contributed by atoms with Crippen LogP contribution in [0.5, 0.6) is 0 Å². The van der Waals surface area contributed by atoms with E-state index < -0.39 is 0 Å². The van der Waals surface area contributed by atoms with Crippen molar-refractivity contribution in [2.75, 3.05) is 0 Å². The molecule has 1 heterocycles. The Bertz CT molecular complexity index is 1460. The molecule has 1 aromatic heterocycles. The molecule has 0 saturated carbocycles. The van der Waals surface area contributed by atoms with Gasteiger partial charge in [0.15, 0.2) is 0 Å². The molecule has 1 aliphatic carbocycles. The first kappa shape index (κ1) is 22.1. The van der Waals surface area contributed by atoms with Crippen molar-refractivity contribution >= 4 is 27.1 Å². The van der Waals surface area contributed by atoms with Crippen molar-refractivity contribution in [3.63, 3.8) is 0 Å². The summed E-state index contributed by atoms with van der Waals surface area (Å²) in [4.78, 5) is 4.89. The van der Waals surface area contributed by atoms with Gasteiger partial charge in [-0.05, 0) is 89.1 Å². The third-order valence-electron chi connectivity index (χ3n) is 6.27. The molecule has 0 amide bonds. The second-order valence-electron chi connectivity index (χ2n) is 8.59. The minimum Gasteiger partial charge on any atom is -0.236 e. The van der Waals surface area contributed by atoms with E-state index in [4.69, 9.17) is 4.98 Å². The van der Waals surface area contributed by atoms with Gasteiger partial charge in [-0.3, -0.25) is 0 Å². The summed E-state index contributed by atoms with van der Waals surface area (Å²) in [5, 5.41) is 1.06. The number of hydrogen-bond acceptors (Lipinski definition) is 2. The molecule has 0 fully saturated rings. The molecule has 34 heavy (non-hydrogen) atoms. The predicted molar refractivity (Wildman–Crippen MR) is 149 cm³/mol. The normalized spacial score (nSPS) is 13.7. The Morgan fingerprint density at radius 3 is 2.65 bits per heavy atom. The molecule has 0 saturated heterocycles. The molecule has 0 bridgehead atoms.